The van der Waals surface area contributed by atoms with Gasteiger partial charge in [0, 0.05) is 17.1 Å². The number of thiophene rings is 1. The fraction of sp³-hybridized carbons (Fsp3) is 0.231. The van der Waals surface area contributed by atoms with E-state index in [0.29, 0.717) is 0 Å². The number of anilines is 1. The van der Waals surface area contributed by atoms with Gasteiger partial charge in [-0.1, -0.05) is 31.2 Å². The van der Waals surface area contributed by atoms with Crippen LogP contribution in [-0.2, 0) is 13.0 Å². The highest BCUT2D eigenvalue weighted by Gasteiger charge is 1.99. The van der Waals surface area contributed by atoms with Crippen LogP contribution in [0.3, 0.4) is 0 Å². The largest absolute Gasteiger partial charge is 0.380 e. The topological polar surface area (TPSA) is 12.0 Å². The third kappa shape index (κ3) is 2.60. The van der Waals surface area contributed by atoms with E-state index in [0.717, 1.165) is 13.0 Å². The average Bonchev–Trinajstić information content (AvgIpc) is 2.79. The van der Waals surface area contributed by atoms with Crippen molar-refractivity contribution in [3.8, 4) is 0 Å². The SMILES string of the molecule is CCc1ccccc1NCc1cccs1. The Morgan fingerprint density at radius 1 is 1.13 bits per heavy atom. The zero-order valence-electron chi connectivity index (χ0n) is 8.86. The van der Waals surface area contributed by atoms with E-state index in [-0.39, 0.29) is 0 Å². The highest BCUT2D eigenvalue weighted by molar-refractivity contribution is 7.09. The van der Waals surface area contributed by atoms with Gasteiger partial charge in [0.15, 0.2) is 0 Å². The van der Waals surface area contributed by atoms with Crippen molar-refractivity contribution in [3.05, 3.63) is 52.2 Å². The molecule has 0 aliphatic rings. The fourth-order valence-corrected chi connectivity index (χ4v) is 2.24. The average molecular weight is 217 g/mol. The molecule has 0 spiro atoms. The molecule has 0 fully saturated rings. The van der Waals surface area contributed by atoms with Crippen molar-refractivity contribution in [2.75, 3.05) is 5.32 Å². The molecule has 1 aromatic heterocycles. The molecule has 2 heteroatoms. The summed E-state index contributed by atoms with van der Waals surface area (Å²) in [5.74, 6) is 0. The summed E-state index contributed by atoms with van der Waals surface area (Å²) < 4.78 is 0. The Labute approximate surface area is 94.8 Å². The van der Waals surface area contributed by atoms with Gasteiger partial charge in [0.2, 0.25) is 0 Å². The van der Waals surface area contributed by atoms with E-state index in [9.17, 15) is 0 Å². The lowest BCUT2D eigenvalue weighted by atomic mass is 10.1. The van der Waals surface area contributed by atoms with E-state index in [1.807, 2.05) is 0 Å². The molecule has 0 unspecified atom stereocenters. The number of hydrogen-bond donors (Lipinski definition) is 1. The second kappa shape index (κ2) is 4.99. The Hall–Kier alpha value is -1.28. The number of nitrogens with one attached hydrogen (secondary N) is 1. The van der Waals surface area contributed by atoms with Gasteiger partial charge in [-0.3, -0.25) is 0 Å². The maximum Gasteiger partial charge on any atom is 0.0494 e. The summed E-state index contributed by atoms with van der Waals surface area (Å²) in [6, 6.07) is 12.7. The summed E-state index contributed by atoms with van der Waals surface area (Å²) in [5.41, 5.74) is 2.64. The van der Waals surface area contributed by atoms with Gasteiger partial charge in [-0.25, -0.2) is 0 Å². The van der Waals surface area contributed by atoms with Crippen LogP contribution in [0, 0.1) is 0 Å². The second-order valence-electron chi connectivity index (χ2n) is 3.44. The smallest absolute Gasteiger partial charge is 0.0494 e. The van der Waals surface area contributed by atoms with Crippen LogP contribution in [0.25, 0.3) is 0 Å². The third-order valence-electron chi connectivity index (χ3n) is 2.43. The molecule has 0 radical (unpaired) electrons. The molecule has 0 saturated carbocycles. The van der Waals surface area contributed by atoms with Crippen LogP contribution >= 0.6 is 11.3 Å². The van der Waals surface area contributed by atoms with Gasteiger partial charge in [-0.2, -0.15) is 0 Å². The Kier molecular flexibility index (Phi) is 3.41. The lowest BCUT2D eigenvalue weighted by molar-refractivity contribution is 1.11. The minimum Gasteiger partial charge on any atom is -0.380 e. The van der Waals surface area contributed by atoms with Crippen LogP contribution in [0.2, 0.25) is 0 Å². The number of para-hydroxylation sites is 1. The summed E-state index contributed by atoms with van der Waals surface area (Å²) in [4.78, 5) is 1.38. The van der Waals surface area contributed by atoms with E-state index in [2.05, 4.69) is 54.0 Å². The minimum atomic E-state index is 0.925. The lowest BCUT2D eigenvalue weighted by Gasteiger charge is -2.09. The van der Waals surface area contributed by atoms with Crippen LogP contribution in [0.5, 0.6) is 0 Å². The number of aryl methyl sites for hydroxylation is 1. The summed E-state index contributed by atoms with van der Waals surface area (Å²) in [7, 11) is 0. The van der Waals surface area contributed by atoms with Crippen molar-refractivity contribution in [1.82, 2.24) is 0 Å². The van der Waals surface area contributed by atoms with Crippen LogP contribution in [0.15, 0.2) is 41.8 Å². The third-order valence-corrected chi connectivity index (χ3v) is 3.31. The minimum absolute atomic E-state index is 0.925. The highest BCUT2D eigenvalue weighted by Crippen LogP contribution is 2.17. The van der Waals surface area contributed by atoms with E-state index in [4.69, 9.17) is 0 Å². The Balaban J connectivity index is 2.04. The van der Waals surface area contributed by atoms with Gasteiger partial charge in [0.1, 0.15) is 0 Å². The lowest BCUT2D eigenvalue weighted by Crippen LogP contribution is -2.00. The van der Waals surface area contributed by atoms with Crippen molar-refractivity contribution < 1.29 is 0 Å². The first-order chi connectivity index (χ1) is 7.40. The Morgan fingerprint density at radius 2 is 2.00 bits per heavy atom. The molecular weight excluding hydrogens is 202 g/mol. The fourth-order valence-electron chi connectivity index (χ4n) is 1.60. The zero-order chi connectivity index (χ0) is 10.5. The van der Waals surface area contributed by atoms with Crippen molar-refractivity contribution >= 4 is 17.0 Å². The van der Waals surface area contributed by atoms with Crippen molar-refractivity contribution in [1.29, 1.82) is 0 Å². The molecule has 0 aliphatic heterocycles. The molecule has 0 aliphatic carbocycles. The first-order valence-electron chi connectivity index (χ1n) is 5.24. The van der Waals surface area contributed by atoms with E-state index in [1.54, 1.807) is 11.3 Å². The molecule has 78 valence electrons. The quantitative estimate of drug-likeness (QED) is 0.818. The number of hydrogen-bond acceptors (Lipinski definition) is 2. The van der Waals surface area contributed by atoms with E-state index >= 15 is 0 Å². The molecule has 2 aromatic rings. The number of benzene rings is 1. The first kappa shape index (κ1) is 10.2. The van der Waals surface area contributed by atoms with Gasteiger partial charge in [0.25, 0.3) is 0 Å². The molecule has 0 saturated heterocycles. The Morgan fingerprint density at radius 3 is 2.73 bits per heavy atom. The van der Waals surface area contributed by atoms with Gasteiger partial charge >= 0.3 is 0 Å². The van der Waals surface area contributed by atoms with Crippen molar-refractivity contribution in [3.63, 3.8) is 0 Å². The van der Waals surface area contributed by atoms with Crippen LogP contribution in [0.4, 0.5) is 5.69 Å². The molecule has 15 heavy (non-hydrogen) atoms. The van der Waals surface area contributed by atoms with Gasteiger partial charge in [-0.15, -0.1) is 11.3 Å². The van der Waals surface area contributed by atoms with E-state index in [1.165, 1.54) is 16.1 Å². The molecule has 0 bridgehead atoms. The summed E-state index contributed by atoms with van der Waals surface area (Å²) >= 11 is 1.79. The van der Waals surface area contributed by atoms with Gasteiger partial charge < -0.3 is 5.32 Å². The summed E-state index contributed by atoms with van der Waals surface area (Å²) in [6.45, 7) is 3.11. The molecule has 0 amide bonds. The molecular formula is C13H15NS. The van der Waals surface area contributed by atoms with Gasteiger partial charge in [-0.05, 0) is 29.5 Å². The van der Waals surface area contributed by atoms with Crippen molar-refractivity contribution in [2.45, 2.75) is 19.9 Å². The molecule has 1 heterocycles. The van der Waals surface area contributed by atoms with Crippen molar-refractivity contribution in [2.24, 2.45) is 0 Å². The van der Waals surface area contributed by atoms with Crippen LogP contribution in [0.1, 0.15) is 17.4 Å². The van der Waals surface area contributed by atoms with Gasteiger partial charge in [0.05, 0.1) is 0 Å². The molecule has 2 rings (SSSR count). The summed E-state index contributed by atoms with van der Waals surface area (Å²) in [6.07, 6.45) is 1.08. The predicted octanol–water partition coefficient (Wildman–Crippen LogP) is 3.92. The maximum atomic E-state index is 3.48. The normalized spacial score (nSPS) is 10.2. The predicted molar refractivity (Wildman–Crippen MR) is 67.5 cm³/mol. The van der Waals surface area contributed by atoms with E-state index < -0.39 is 0 Å². The van der Waals surface area contributed by atoms with Crippen LogP contribution in [-0.4, -0.2) is 0 Å². The highest BCUT2D eigenvalue weighted by atomic mass is 32.1. The molecule has 0 atom stereocenters. The summed E-state index contributed by atoms with van der Waals surface area (Å²) in [5, 5.41) is 5.59. The zero-order valence-corrected chi connectivity index (χ0v) is 9.68. The second-order valence-corrected chi connectivity index (χ2v) is 4.48. The Bertz CT molecular complexity index is 406. The molecule has 1 nitrogen and oxygen atoms in total. The monoisotopic (exact) mass is 217 g/mol. The molecule has 1 N–H and O–H groups in total. The maximum absolute atomic E-state index is 3.48. The standard InChI is InChI=1S/C13H15NS/c1-2-11-6-3-4-8-13(11)14-10-12-7-5-9-15-12/h3-9,14H,2,10H2,1H3. The van der Waals surface area contributed by atoms with Crippen LogP contribution < -0.4 is 5.32 Å². The first-order valence-corrected chi connectivity index (χ1v) is 6.12. The molecule has 1 aromatic carbocycles. The number of rotatable bonds is 4.